The van der Waals surface area contributed by atoms with Gasteiger partial charge in [-0.15, -0.1) is 0 Å². The van der Waals surface area contributed by atoms with Crippen molar-refractivity contribution in [2.24, 2.45) is 0 Å². The van der Waals surface area contributed by atoms with E-state index in [0.717, 1.165) is 27.6 Å². The van der Waals surface area contributed by atoms with Gasteiger partial charge < -0.3 is 4.42 Å². The smallest absolute Gasteiger partial charge is 0.396 e. The molecule has 0 spiro atoms. The predicted molar refractivity (Wildman–Crippen MR) is 114 cm³/mol. The zero-order valence-corrected chi connectivity index (χ0v) is 17.4. The van der Waals surface area contributed by atoms with Gasteiger partial charge in [-0.1, -0.05) is 30.4 Å². The molecule has 0 aliphatic carbocycles. The van der Waals surface area contributed by atoms with Gasteiger partial charge in [-0.3, -0.25) is 9.78 Å². The van der Waals surface area contributed by atoms with Crippen molar-refractivity contribution in [3.8, 4) is 0 Å². The number of anilines is 1. The first-order chi connectivity index (χ1) is 14.4. The molecule has 2 heterocycles. The molecule has 7 nitrogen and oxygen atoms in total. The molecule has 4 rings (SSSR count). The number of hydrogen-bond donors (Lipinski definition) is 0. The Bertz CT molecular complexity index is 1370. The van der Waals surface area contributed by atoms with Gasteiger partial charge in [0.2, 0.25) is 0 Å². The van der Waals surface area contributed by atoms with Crippen LogP contribution in [-0.2, 0) is 16.4 Å². The van der Waals surface area contributed by atoms with Crippen molar-refractivity contribution < 1.29 is 17.6 Å². The van der Waals surface area contributed by atoms with Gasteiger partial charge >= 0.3 is 4.94 Å². The summed E-state index contributed by atoms with van der Waals surface area (Å²) in [6.07, 6.45) is 3.59. The number of aromatic nitrogens is 1. The summed E-state index contributed by atoms with van der Waals surface area (Å²) in [7, 11) is -4.23. The van der Waals surface area contributed by atoms with E-state index in [1.807, 2.05) is 6.92 Å². The first-order valence-corrected chi connectivity index (χ1v) is 11.3. The summed E-state index contributed by atoms with van der Waals surface area (Å²) in [6, 6.07) is 13.7. The van der Waals surface area contributed by atoms with Gasteiger partial charge in [-0.05, 0) is 54.4 Å². The van der Waals surface area contributed by atoms with Crippen molar-refractivity contribution in [1.82, 2.24) is 4.98 Å². The van der Waals surface area contributed by atoms with Gasteiger partial charge in [0.25, 0.3) is 15.9 Å². The Morgan fingerprint density at radius 3 is 2.43 bits per heavy atom. The predicted octanol–water partition coefficient (Wildman–Crippen LogP) is 3.85. The summed E-state index contributed by atoms with van der Waals surface area (Å²) in [5.74, 6) is -0.729. The van der Waals surface area contributed by atoms with Gasteiger partial charge in [0.1, 0.15) is 5.58 Å². The summed E-state index contributed by atoms with van der Waals surface area (Å²) in [6.45, 7) is 1.97. The molecular formula is C21H16N2O5S2. The van der Waals surface area contributed by atoms with Crippen LogP contribution in [0.1, 0.15) is 22.8 Å². The normalized spacial score (nSPS) is 11.5. The second-order valence-electron chi connectivity index (χ2n) is 6.39. The zero-order chi connectivity index (χ0) is 21.3. The number of rotatable bonds is 5. The van der Waals surface area contributed by atoms with Crippen molar-refractivity contribution in [3.63, 3.8) is 0 Å². The van der Waals surface area contributed by atoms with Crippen LogP contribution >= 0.6 is 11.3 Å². The van der Waals surface area contributed by atoms with E-state index in [1.165, 1.54) is 54.9 Å². The minimum absolute atomic E-state index is 0.0115. The molecule has 9 heteroatoms. The van der Waals surface area contributed by atoms with Crippen molar-refractivity contribution in [3.05, 3.63) is 87.9 Å². The summed E-state index contributed by atoms with van der Waals surface area (Å²) < 4.78 is 33.2. The number of carbonyl (C=O) groups is 1. The molecule has 0 N–H and O–H groups in total. The molecule has 2 aromatic heterocycles. The molecule has 0 saturated heterocycles. The number of aryl methyl sites for hydroxylation is 1. The maximum Gasteiger partial charge on any atom is 0.396 e. The number of hydrogen-bond acceptors (Lipinski definition) is 7. The summed E-state index contributed by atoms with van der Waals surface area (Å²) in [5, 5.41) is 0. The topological polar surface area (TPSA) is 97.6 Å². The van der Waals surface area contributed by atoms with Crippen LogP contribution in [0.25, 0.3) is 10.3 Å². The monoisotopic (exact) mass is 440 g/mol. The fourth-order valence-corrected chi connectivity index (χ4v) is 5.07. The molecule has 0 fully saturated rings. The Kier molecular flexibility index (Phi) is 5.23. The molecule has 0 unspecified atom stereocenters. The SMILES string of the molecule is CCc1ccc(S(=O)(=O)N(C(=O)c2ccncc2)c2ccc3oc(=O)sc3c2)cc1. The molecule has 30 heavy (non-hydrogen) atoms. The highest BCUT2D eigenvalue weighted by atomic mass is 32.2. The first-order valence-electron chi connectivity index (χ1n) is 9.02. The molecule has 0 atom stereocenters. The van der Waals surface area contributed by atoms with E-state index in [2.05, 4.69) is 4.98 Å². The van der Waals surface area contributed by atoms with E-state index in [9.17, 15) is 18.0 Å². The van der Waals surface area contributed by atoms with Gasteiger partial charge in [-0.2, -0.15) is 4.31 Å². The minimum atomic E-state index is -4.23. The highest BCUT2D eigenvalue weighted by molar-refractivity contribution is 7.93. The highest BCUT2D eigenvalue weighted by Crippen LogP contribution is 2.30. The number of nitrogens with zero attached hydrogens (tertiary/aromatic N) is 2. The highest BCUT2D eigenvalue weighted by Gasteiger charge is 2.32. The average Bonchev–Trinajstić information content (AvgIpc) is 3.13. The average molecular weight is 441 g/mol. The number of fused-ring (bicyclic) bond motifs is 1. The van der Waals surface area contributed by atoms with Crippen LogP contribution in [0.3, 0.4) is 0 Å². The Hall–Kier alpha value is -3.30. The molecule has 1 amide bonds. The Morgan fingerprint density at radius 2 is 1.77 bits per heavy atom. The molecule has 0 radical (unpaired) electrons. The lowest BCUT2D eigenvalue weighted by Crippen LogP contribution is -2.37. The van der Waals surface area contributed by atoms with E-state index >= 15 is 0 Å². The second-order valence-corrected chi connectivity index (χ2v) is 9.16. The fraction of sp³-hybridized carbons (Fsp3) is 0.0952. The molecule has 2 aromatic carbocycles. The van der Waals surface area contributed by atoms with Crippen LogP contribution in [0, 0.1) is 0 Å². The van der Waals surface area contributed by atoms with Crippen LogP contribution < -0.4 is 9.24 Å². The zero-order valence-electron chi connectivity index (χ0n) is 15.8. The number of sulfonamides is 1. The van der Waals surface area contributed by atoms with E-state index in [4.69, 9.17) is 4.42 Å². The van der Waals surface area contributed by atoms with Gasteiger partial charge in [-0.25, -0.2) is 13.2 Å². The number of pyridine rings is 1. The number of amides is 1. The van der Waals surface area contributed by atoms with Crippen LogP contribution in [0.2, 0.25) is 0 Å². The minimum Gasteiger partial charge on any atom is -0.414 e. The Labute approximate surface area is 176 Å². The number of benzene rings is 2. The van der Waals surface area contributed by atoms with Crippen LogP contribution in [-0.4, -0.2) is 19.3 Å². The lowest BCUT2D eigenvalue weighted by Gasteiger charge is -2.23. The number of carbonyl (C=O) groups excluding carboxylic acids is 1. The van der Waals surface area contributed by atoms with E-state index < -0.39 is 20.9 Å². The Balaban J connectivity index is 1.89. The third kappa shape index (κ3) is 3.64. The maximum absolute atomic E-state index is 13.5. The Morgan fingerprint density at radius 1 is 1.07 bits per heavy atom. The van der Waals surface area contributed by atoms with Gasteiger partial charge in [0.05, 0.1) is 15.3 Å². The van der Waals surface area contributed by atoms with Crippen molar-refractivity contribution in [1.29, 1.82) is 0 Å². The first kappa shape index (κ1) is 20.0. The van der Waals surface area contributed by atoms with E-state index in [0.29, 0.717) is 10.3 Å². The standard InChI is InChI=1S/C21H16N2O5S2/c1-2-14-3-6-17(7-4-14)30(26,27)23(20(24)15-9-11-22-12-10-15)16-5-8-18-19(13-16)29-21(25)28-18/h3-13H,2H2,1H3. The fourth-order valence-electron chi connectivity index (χ4n) is 2.97. The molecule has 0 aliphatic rings. The third-order valence-electron chi connectivity index (χ3n) is 4.53. The second kappa shape index (κ2) is 7.85. The van der Waals surface area contributed by atoms with Gasteiger partial charge in [0, 0.05) is 18.0 Å². The molecule has 0 bridgehead atoms. The largest absolute Gasteiger partial charge is 0.414 e. The lowest BCUT2D eigenvalue weighted by molar-refractivity contribution is 0.101. The third-order valence-corrected chi connectivity index (χ3v) is 7.04. The van der Waals surface area contributed by atoms with Crippen molar-refractivity contribution in [2.45, 2.75) is 18.2 Å². The maximum atomic E-state index is 13.5. The van der Waals surface area contributed by atoms with Crippen LogP contribution in [0.4, 0.5) is 5.69 Å². The lowest BCUT2D eigenvalue weighted by atomic mass is 10.2. The van der Waals surface area contributed by atoms with E-state index in [-0.39, 0.29) is 16.1 Å². The van der Waals surface area contributed by atoms with Crippen molar-refractivity contribution >= 4 is 43.2 Å². The molecule has 0 saturated carbocycles. The summed E-state index contributed by atoms with van der Waals surface area (Å²) in [4.78, 5) is 28.2. The van der Waals surface area contributed by atoms with Crippen LogP contribution in [0.15, 0.2) is 81.1 Å². The molecule has 152 valence electrons. The van der Waals surface area contributed by atoms with Crippen molar-refractivity contribution in [2.75, 3.05) is 4.31 Å². The molecular weight excluding hydrogens is 424 g/mol. The van der Waals surface area contributed by atoms with Crippen LogP contribution in [0.5, 0.6) is 0 Å². The molecule has 4 aromatic rings. The molecule has 0 aliphatic heterocycles. The summed E-state index contributed by atoms with van der Waals surface area (Å²) >= 11 is 0.838. The summed E-state index contributed by atoms with van der Waals surface area (Å²) in [5.41, 5.74) is 1.58. The van der Waals surface area contributed by atoms with Gasteiger partial charge in [0.15, 0.2) is 0 Å². The quantitative estimate of drug-likeness (QED) is 0.468. The van der Waals surface area contributed by atoms with E-state index in [1.54, 1.807) is 12.1 Å².